The number of aliphatic hydroxyl groups excluding tert-OH is 1. The summed E-state index contributed by atoms with van der Waals surface area (Å²) in [5.41, 5.74) is 0.869. The minimum atomic E-state index is -0.443. The molecule has 1 atom stereocenters. The first kappa shape index (κ1) is 13.7. The van der Waals surface area contributed by atoms with E-state index in [0.29, 0.717) is 12.0 Å². The molecule has 1 amide bonds. The molecule has 1 aromatic carbocycles. The Hall–Kier alpha value is -1.68. The first-order chi connectivity index (χ1) is 8.87. The highest BCUT2D eigenvalue weighted by Gasteiger charge is 2.46. The smallest absolute Gasteiger partial charge is 0.227 e. The summed E-state index contributed by atoms with van der Waals surface area (Å²) in [4.78, 5) is 25.3. The van der Waals surface area contributed by atoms with Gasteiger partial charge >= 0.3 is 0 Å². The third-order valence-corrected chi connectivity index (χ3v) is 3.98. The normalized spacial score (nSPS) is 21.8. The molecule has 1 unspecified atom stereocenters. The van der Waals surface area contributed by atoms with Crippen molar-refractivity contribution in [1.82, 2.24) is 0 Å². The minimum Gasteiger partial charge on any atom is -0.396 e. The van der Waals surface area contributed by atoms with Crippen molar-refractivity contribution in [3.8, 4) is 0 Å². The molecular formula is C15H19NO3. The number of Topliss-reactive ketones (excluding diaryl/α,β-unsaturated/α-hetero) is 1. The van der Waals surface area contributed by atoms with Crippen LogP contribution in [0.4, 0.5) is 5.69 Å². The Morgan fingerprint density at radius 1 is 1.47 bits per heavy atom. The van der Waals surface area contributed by atoms with E-state index in [1.165, 1.54) is 6.92 Å². The summed E-state index contributed by atoms with van der Waals surface area (Å²) in [6.45, 7) is 5.38. The van der Waals surface area contributed by atoms with Crippen molar-refractivity contribution in [3.05, 3.63) is 29.8 Å². The molecule has 0 aliphatic carbocycles. The number of carbonyl (C=O) groups is 2. The number of nitrogens with zero attached hydrogens (tertiary/aromatic N) is 1. The van der Waals surface area contributed by atoms with Crippen LogP contribution in [0.25, 0.3) is 0 Å². The fourth-order valence-electron chi connectivity index (χ4n) is 2.68. The fourth-order valence-corrected chi connectivity index (χ4v) is 2.68. The second-order valence-corrected chi connectivity index (χ2v) is 5.57. The third kappa shape index (κ3) is 2.28. The molecule has 2 rings (SSSR count). The molecule has 19 heavy (non-hydrogen) atoms. The summed E-state index contributed by atoms with van der Waals surface area (Å²) >= 11 is 0. The second-order valence-electron chi connectivity index (χ2n) is 5.57. The van der Waals surface area contributed by atoms with Crippen molar-refractivity contribution in [1.29, 1.82) is 0 Å². The predicted octanol–water partition coefficient (Wildman–Crippen LogP) is 2.01. The van der Waals surface area contributed by atoms with Gasteiger partial charge in [0.15, 0.2) is 5.78 Å². The van der Waals surface area contributed by atoms with Gasteiger partial charge in [0, 0.05) is 35.7 Å². The molecule has 1 aromatic rings. The van der Waals surface area contributed by atoms with E-state index in [1.807, 2.05) is 19.9 Å². The number of benzene rings is 1. The van der Waals surface area contributed by atoms with Gasteiger partial charge in [-0.25, -0.2) is 0 Å². The van der Waals surface area contributed by atoms with Gasteiger partial charge < -0.3 is 10.0 Å². The number of hydrogen-bond acceptors (Lipinski definition) is 3. The van der Waals surface area contributed by atoms with Gasteiger partial charge in [-0.3, -0.25) is 9.59 Å². The van der Waals surface area contributed by atoms with Gasteiger partial charge in [0.25, 0.3) is 0 Å². The van der Waals surface area contributed by atoms with Crippen LogP contribution in [0.2, 0.25) is 0 Å². The van der Waals surface area contributed by atoms with Crippen molar-refractivity contribution >= 4 is 17.4 Å². The summed E-state index contributed by atoms with van der Waals surface area (Å²) in [5.74, 6) is -0.115. The van der Waals surface area contributed by atoms with E-state index >= 15 is 0 Å². The van der Waals surface area contributed by atoms with Crippen molar-refractivity contribution in [2.45, 2.75) is 32.7 Å². The standard InChI is InChI=1S/C15H19NO3/c1-10(18)11-5-4-6-13(7-11)16-14(19)8-12(9-17)15(16,2)3/h4-7,12,17H,8-9H2,1-3H3. The molecule has 4 nitrogen and oxygen atoms in total. The number of hydrogen-bond donors (Lipinski definition) is 1. The summed E-state index contributed by atoms with van der Waals surface area (Å²) < 4.78 is 0. The average molecular weight is 261 g/mol. The summed E-state index contributed by atoms with van der Waals surface area (Å²) in [7, 11) is 0. The Morgan fingerprint density at radius 3 is 2.68 bits per heavy atom. The van der Waals surface area contributed by atoms with Gasteiger partial charge in [-0.15, -0.1) is 0 Å². The van der Waals surface area contributed by atoms with Crippen LogP contribution in [0.1, 0.15) is 37.6 Å². The molecule has 1 N–H and O–H groups in total. The van der Waals surface area contributed by atoms with Crippen LogP contribution in [0.3, 0.4) is 0 Å². The van der Waals surface area contributed by atoms with Gasteiger partial charge in [-0.1, -0.05) is 12.1 Å². The lowest BCUT2D eigenvalue weighted by atomic mass is 9.89. The molecule has 0 spiro atoms. The van der Waals surface area contributed by atoms with Crippen molar-refractivity contribution in [2.75, 3.05) is 11.5 Å². The van der Waals surface area contributed by atoms with E-state index in [4.69, 9.17) is 0 Å². The molecule has 102 valence electrons. The summed E-state index contributed by atoms with van der Waals surface area (Å²) in [6.07, 6.45) is 0.341. The zero-order valence-electron chi connectivity index (χ0n) is 11.5. The van der Waals surface area contributed by atoms with E-state index in [2.05, 4.69) is 0 Å². The predicted molar refractivity (Wildman–Crippen MR) is 73.2 cm³/mol. The Kier molecular flexibility index (Phi) is 3.45. The van der Waals surface area contributed by atoms with Gasteiger partial charge in [-0.05, 0) is 32.9 Å². The molecular weight excluding hydrogens is 242 g/mol. The number of carbonyl (C=O) groups excluding carboxylic acids is 2. The third-order valence-electron chi connectivity index (χ3n) is 3.98. The van der Waals surface area contributed by atoms with Gasteiger partial charge in [0.2, 0.25) is 5.91 Å². The van der Waals surface area contributed by atoms with E-state index in [1.54, 1.807) is 23.1 Å². The number of amides is 1. The number of ketones is 1. The van der Waals surface area contributed by atoms with E-state index < -0.39 is 5.54 Å². The van der Waals surface area contributed by atoms with Crippen molar-refractivity contribution in [3.63, 3.8) is 0 Å². The lowest BCUT2D eigenvalue weighted by Crippen LogP contribution is -2.45. The van der Waals surface area contributed by atoms with E-state index in [0.717, 1.165) is 5.69 Å². The maximum atomic E-state index is 12.2. The van der Waals surface area contributed by atoms with Gasteiger partial charge in [-0.2, -0.15) is 0 Å². The van der Waals surface area contributed by atoms with Crippen LogP contribution < -0.4 is 4.90 Å². The highest BCUT2D eigenvalue weighted by Crippen LogP contribution is 2.39. The summed E-state index contributed by atoms with van der Waals surface area (Å²) in [5, 5.41) is 9.39. The zero-order valence-corrected chi connectivity index (χ0v) is 11.5. The molecule has 0 bridgehead atoms. The SMILES string of the molecule is CC(=O)c1cccc(N2C(=O)CC(CO)C2(C)C)c1. The fraction of sp³-hybridized carbons (Fsp3) is 0.467. The molecule has 1 saturated heterocycles. The lowest BCUT2D eigenvalue weighted by molar-refractivity contribution is -0.117. The molecule has 0 saturated carbocycles. The van der Waals surface area contributed by atoms with Crippen LogP contribution in [-0.2, 0) is 4.79 Å². The lowest BCUT2D eigenvalue weighted by Gasteiger charge is -2.35. The van der Waals surface area contributed by atoms with Crippen LogP contribution in [0, 0.1) is 5.92 Å². The molecule has 0 radical (unpaired) electrons. The van der Waals surface area contributed by atoms with Crippen LogP contribution in [-0.4, -0.2) is 28.9 Å². The average Bonchev–Trinajstić information content (AvgIpc) is 2.58. The Labute approximate surface area is 113 Å². The number of anilines is 1. The Bertz CT molecular complexity index is 522. The van der Waals surface area contributed by atoms with Gasteiger partial charge in [0.05, 0.1) is 0 Å². The number of rotatable bonds is 3. The minimum absolute atomic E-state index is 0.00949. The first-order valence-electron chi connectivity index (χ1n) is 6.43. The quantitative estimate of drug-likeness (QED) is 0.847. The highest BCUT2D eigenvalue weighted by molar-refractivity contribution is 6.00. The van der Waals surface area contributed by atoms with E-state index in [9.17, 15) is 14.7 Å². The van der Waals surface area contributed by atoms with Crippen LogP contribution in [0.5, 0.6) is 0 Å². The maximum Gasteiger partial charge on any atom is 0.227 e. The van der Waals surface area contributed by atoms with E-state index in [-0.39, 0.29) is 24.2 Å². The molecule has 1 heterocycles. The van der Waals surface area contributed by atoms with Crippen molar-refractivity contribution < 1.29 is 14.7 Å². The van der Waals surface area contributed by atoms with Crippen LogP contribution >= 0.6 is 0 Å². The topological polar surface area (TPSA) is 57.6 Å². The molecule has 1 fully saturated rings. The molecule has 1 aliphatic rings. The summed E-state index contributed by atoms with van der Waals surface area (Å²) in [6, 6.07) is 7.08. The zero-order chi connectivity index (χ0) is 14.2. The second kappa shape index (κ2) is 4.78. The molecule has 0 aromatic heterocycles. The molecule has 4 heteroatoms. The maximum absolute atomic E-state index is 12.2. The largest absolute Gasteiger partial charge is 0.396 e. The highest BCUT2D eigenvalue weighted by atomic mass is 16.3. The van der Waals surface area contributed by atoms with Crippen LogP contribution in [0.15, 0.2) is 24.3 Å². The van der Waals surface area contributed by atoms with Gasteiger partial charge in [0.1, 0.15) is 0 Å². The monoisotopic (exact) mass is 261 g/mol. The Morgan fingerprint density at radius 2 is 2.16 bits per heavy atom. The first-order valence-corrected chi connectivity index (χ1v) is 6.43. The Balaban J connectivity index is 2.43. The molecule has 1 aliphatic heterocycles. The van der Waals surface area contributed by atoms with Crippen molar-refractivity contribution in [2.24, 2.45) is 5.92 Å². The number of aliphatic hydroxyl groups is 1.